The summed E-state index contributed by atoms with van der Waals surface area (Å²) in [5, 5.41) is 0.457. The summed E-state index contributed by atoms with van der Waals surface area (Å²) < 4.78 is 6.81. The van der Waals surface area contributed by atoms with Crippen molar-refractivity contribution in [1.82, 2.24) is 4.98 Å². The molecule has 2 aromatic carbocycles. The molecular weight excluding hydrogens is 420 g/mol. The molecule has 0 unspecified atom stereocenters. The number of hydrogen-bond donors (Lipinski definition) is 0. The highest BCUT2D eigenvalue weighted by molar-refractivity contribution is 9.10. The Labute approximate surface area is 168 Å². The minimum Gasteiger partial charge on any atom is -0.450 e. The predicted molar refractivity (Wildman–Crippen MR) is 110 cm³/mol. The number of nitrogens with zero attached hydrogens (tertiary/aromatic N) is 2. The monoisotopic (exact) mass is 432 g/mol. The minimum atomic E-state index is -0.605. The lowest BCUT2D eigenvalue weighted by Crippen LogP contribution is -2.30. The van der Waals surface area contributed by atoms with Crippen molar-refractivity contribution in [3.63, 3.8) is 0 Å². The summed E-state index contributed by atoms with van der Waals surface area (Å²) in [6.45, 7) is 0. The lowest BCUT2D eigenvalue weighted by Gasteiger charge is -2.24. The van der Waals surface area contributed by atoms with Crippen LogP contribution in [0.2, 0.25) is 0 Å². The third-order valence-electron chi connectivity index (χ3n) is 4.86. The molecule has 28 heavy (non-hydrogen) atoms. The number of hydrogen-bond acceptors (Lipinski definition) is 4. The van der Waals surface area contributed by atoms with E-state index >= 15 is 0 Å². The van der Waals surface area contributed by atoms with Crippen molar-refractivity contribution < 1.29 is 9.21 Å². The topological polar surface area (TPSA) is 63.4 Å². The molecule has 3 heterocycles. The molecular formula is C22H13BrN2O3. The smallest absolute Gasteiger partial charge is 0.296 e. The molecule has 2 aromatic heterocycles. The first kappa shape index (κ1) is 16.9. The van der Waals surface area contributed by atoms with Gasteiger partial charge >= 0.3 is 0 Å². The highest BCUT2D eigenvalue weighted by Crippen LogP contribution is 2.40. The standard InChI is InChI=1S/C22H13BrN2O3/c23-14-10-8-13(9-11-14)19-18-20(26)15-5-1-2-6-16(15)28-21(18)22(27)25(19)17-7-3-4-12-24-17/h1-12,19H/t19-/m0/s1. The summed E-state index contributed by atoms with van der Waals surface area (Å²) in [4.78, 5) is 32.5. The molecule has 5 rings (SSSR count). The van der Waals surface area contributed by atoms with Gasteiger partial charge in [0.25, 0.3) is 5.91 Å². The highest BCUT2D eigenvalue weighted by Gasteiger charge is 2.44. The summed E-state index contributed by atoms with van der Waals surface area (Å²) >= 11 is 3.43. The maximum absolute atomic E-state index is 13.3. The number of anilines is 1. The van der Waals surface area contributed by atoms with E-state index in [9.17, 15) is 9.59 Å². The van der Waals surface area contributed by atoms with Gasteiger partial charge < -0.3 is 4.42 Å². The van der Waals surface area contributed by atoms with Crippen molar-refractivity contribution in [2.75, 3.05) is 4.90 Å². The zero-order chi connectivity index (χ0) is 19.3. The van der Waals surface area contributed by atoms with Gasteiger partial charge in [-0.25, -0.2) is 4.98 Å². The maximum atomic E-state index is 13.3. The third kappa shape index (κ3) is 2.49. The van der Waals surface area contributed by atoms with Crippen LogP contribution in [0.25, 0.3) is 11.0 Å². The molecule has 1 amide bonds. The van der Waals surface area contributed by atoms with Crippen LogP contribution in [0.5, 0.6) is 0 Å². The van der Waals surface area contributed by atoms with Gasteiger partial charge in [0, 0.05) is 10.7 Å². The molecule has 0 N–H and O–H groups in total. The number of pyridine rings is 1. The van der Waals surface area contributed by atoms with Gasteiger partial charge in [-0.2, -0.15) is 0 Å². The van der Waals surface area contributed by atoms with E-state index in [0.717, 1.165) is 10.0 Å². The van der Waals surface area contributed by atoms with E-state index in [0.29, 0.717) is 22.4 Å². The number of amides is 1. The van der Waals surface area contributed by atoms with E-state index in [-0.39, 0.29) is 17.1 Å². The highest BCUT2D eigenvalue weighted by atomic mass is 79.9. The zero-order valence-corrected chi connectivity index (χ0v) is 16.1. The van der Waals surface area contributed by atoms with Gasteiger partial charge in [0.2, 0.25) is 5.76 Å². The summed E-state index contributed by atoms with van der Waals surface area (Å²) in [7, 11) is 0. The van der Waals surface area contributed by atoms with Gasteiger partial charge in [-0.3, -0.25) is 14.5 Å². The average Bonchev–Trinajstić information content (AvgIpc) is 3.02. The summed E-state index contributed by atoms with van der Waals surface area (Å²) in [6, 6.07) is 19.3. The zero-order valence-electron chi connectivity index (χ0n) is 14.5. The molecule has 0 radical (unpaired) electrons. The Morgan fingerprint density at radius 3 is 2.43 bits per heavy atom. The van der Waals surface area contributed by atoms with E-state index in [1.165, 1.54) is 4.90 Å². The van der Waals surface area contributed by atoms with E-state index < -0.39 is 6.04 Å². The first-order valence-corrected chi connectivity index (χ1v) is 9.50. The number of rotatable bonds is 2. The Balaban J connectivity index is 1.83. The fourth-order valence-corrected chi connectivity index (χ4v) is 3.88. The molecule has 0 fully saturated rings. The molecule has 0 saturated carbocycles. The normalized spacial score (nSPS) is 15.8. The maximum Gasteiger partial charge on any atom is 0.296 e. The number of para-hydroxylation sites is 1. The van der Waals surface area contributed by atoms with E-state index in [4.69, 9.17) is 4.42 Å². The summed E-state index contributed by atoms with van der Waals surface area (Å²) in [6.07, 6.45) is 1.62. The quantitative estimate of drug-likeness (QED) is 0.460. The Morgan fingerprint density at radius 2 is 1.68 bits per heavy atom. The fourth-order valence-electron chi connectivity index (χ4n) is 3.61. The van der Waals surface area contributed by atoms with Gasteiger partial charge in [0.05, 0.1) is 17.0 Å². The molecule has 1 aliphatic rings. The van der Waals surface area contributed by atoms with Gasteiger partial charge in [-0.15, -0.1) is 0 Å². The van der Waals surface area contributed by atoms with Gasteiger partial charge in [-0.05, 0) is 42.0 Å². The molecule has 0 saturated heterocycles. The number of aromatic nitrogens is 1. The van der Waals surface area contributed by atoms with Gasteiger partial charge in [0.1, 0.15) is 11.4 Å². The van der Waals surface area contributed by atoms with Crippen LogP contribution in [0.3, 0.4) is 0 Å². The van der Waals surface area contributed by atoms with Gasteiger partial charge in [0.15, 0.2) is 5.43 Å². The Kier molecular flexibility index (Phi) is 3.87. The minimum absolute atomic E-state index is 0.0715. The van der Waals surface area contributed by atoms with E-state index in [2.05, 4.69) is 20.9 Å². The van der Waals surface area contributed by atoms with Crippen LogP contribution in [0.15, 0.2) is 86.6 Å². The van der Waals surface area contributed by atoms with Crippen LogP contribution in [-0.4, -0.2) is 10.9 Å². The molecule has 0 spiro atoms. The van der Waals surface area contributed by atoms with Crippen molar-refractivity contribution in [3.05, 3.63) is 105 Å². The summed E-state index contributed by atoms with van der Waals surface area (Å²) in [5.74, 6) is 0.169. The second-order valence-electron chi connectivity index (χ2n) is 6.49. The van der Waals surface area contributed by atoms with Crippen molar-refractivity contribution in [1.29, 1.82) is 0 Å². The Morgan fingerprint density at radius 1 is 0.929 bits per heavy atom. The van der Waals surface area contributed by atoms with Crippen molar-refractivity contribution >= 4 is 38.6 Å². The number of carbonyl (C=O) groups excluding carboxylic acids is 1. The molecule has 0 aliphatic carbocycles. The lowest BCUT2D eigenvalue weighted by atomic mass is 9.98. The Hall–Kier alpha value is -3.25. The SMILES string of the molecule is O=C1c2oc3ccccc3c(=O)c2[C@H](c2ccc(Br)cc2)N1c1ccccn1. The largest absolute Gasteiger partial charge is 0.450 e. The van der Waals surface area contributed by atoms with Crippen molar-refractivity contribution in [3.8, 4) is 0 Å². The second kappa shape index (κ2) is 6.42. The number of fused-ring (bicyclic) bond motifs is 2. The number of carbonyl (C=O) groups is 1. The van der Waals surface area contributed by atoms with Crippen molar-refractivity contribution in [2.24, 2.45) is 0 Å². The predicted octanol–water partition coefficient (Wildman–Crippen LogP) is 4.70. The van der Waals surface area contributed by atoms with Crippen LogP contribution in [0.1, 0.15) is 27.7 Å². The molecule has 5 nitrogen and oxygen atoms in total. The molecule has 6 heteroatoms. The van der Waals surface area contributed by atoms with E-state index in [1.807, 2.05) is 30.3 Å². The summed E-state index contributed by atoms with van der Waals surface area (Å²) in [5.41, 5.74) is 1.36. The fraction of sp³-hybridized carbons (Fsp3) is 0.0455. The number of halogens is 1. The first-order chi connectivity index (χ1) is 13.6. The van der Waals surface area contributed by atoms with Crippen LogP contribution >= 0.6 is 15.9 Å². The second-order valence-corrected chi connectivity index (χ2v) is 7.40. The van der Waals surface area contributed by atoms with Gasteiger partial charge in [-0.1, -0.05) is 46.3 Å². The Bertz CT molecular complexity index is 1270. The molecule has 1 atom stereocenters. The first-order valence-electron chi connectivity index (χ1n) is 8.71. The van der Waals surface area contributed by atoms with Crippen LogP contribution in [0.4, 0.5) is 5.82 Å². The number of benzene rings is 2. The van der Waals surface area contributed by atoms with Crippen molar-refractivity contribution in [2.45, 2.75) is 6.04 Å². The lowest BCUT2D eigenvalue weighted by molar-refractivity contribution is 0.0970. The van der Waals surface area contributed by atoms with Crippen LogP contribution < -0.4 is 10.3 Å². The van der Waals surface area contributed by atoms with E-state index in [1.54, 1.807) is 42.6 Å². The third-order valence-corrected chi connectivity index (χ3v) is 5.39. The molecule has 4 aromatic rings. The van der Waals surface area contributed by atoms with Crippen LogP contribution in [0, 0.1) is 0 Å². The van der Waals surface area contributed by atoms with Crippen LogP contribution in [-0.2, 0) is 0 Å². The molecule has 1 aliphatic heterocycles. The average molecular weight is 433 g/mol. The molecule has 0 bridgehead atoms. The molecule has 136 valence electrons.